The molecule has 0 bridgehead atoms. The van der Waals surface area contributed by atoms with Crippen LogP contribution in [0.1, 0.15) is 5.56 Å². The van der Waals surface area contributed by atoms with Crippen molar-refractivity contribution in [3.63, 3.8) is 0 Å². The average molecular weight is 281 g/mol. The molecular weight excluding hydrogens is 266 g/mol. The molecule has 2 heterocycles. The van der Waals surface area contributed by atoms with Crippen LogP contribution in [0.5, 0.6) is 5.75 Å². The number of rotatable bonds is 3. The number of H-pyrrole nitrogens is 1. The van der Waals surface area contributed by atoms with Gasteiger partial charge in [0.15, 0.2) is 5.82 Å². The van der Waals surface area contributed by atoms with Crippen LogP contribution >= 0.6 is 0 Å². The van der Waals surface area contributed by atoms with E-state index in [0.29, 0.717) is 5.82 Å². The molecule has 21 heavy (non-hydrogen) atoms. The number of anilines is 1. The van der Waals surface area contributed by atoms with Gasteiger partial charge < -0.3 is 10.5 Å². The topological polar surface area (TPSA) is 89.7 Å². The second-order valence-electron chi connectivity index (χ2n) is 4.69. The molecule has 3 aromatic rings. The van der Waals surface area contributed by atoms with Gasteiger partial charge in [-0.25, -0.2) is 0 Å². The summed E-state index contributed by atoms with van der Waals surface area (Å²) in [7, 11) is 1.64. The number of nitrogens with two attached hydrogens (primary N) is 1. The third-order valence-corrected chi connectivity index (χ3v) is 3.29. The molecule has 0 radical (unpaired) electrons. The summed E-state index contributed by atoms with van der Waals surface area (Å²) in [5.41, 5.74) is 10.5. The molecule has 0 fully saturated rings. The Morgan fingerprint density at radius 1 is 1.19 bits per heavy atom. The summed E-state index contributed by atoms with van der Waals surface area (Å²) < 4.78 is 5.44. The number of nitrogens with zero attached hydrogens (tertiary/aromatic N) is 3. The molecule has 0 saturated heterocycles. The van der Waals surface area contributed by atoms with Crippen molar-refractivity contribution in [1.29, 1.82) is 0 Å². The van der Waals surface area contributed by atoms with Gasteiger partial charge in [0.1, 0.15) is 5.75 Å². The Morgan fingerprint density at radius 3 is 2.76 bits per heavy atom. The fourth-order valence-electron chi connectivity index (χ4n) is 2.29. The highest BCUT2D eigenvalue weighted by Crippen LogP contribution is 2.39. The number of benzene rings is 1. The highest BCUT2D eigenvalue weighted by Gasteiger charge is 2.18. The number of hydrogen-bond acceptors (Lipinski definition) is 5. The summed E-state index contributed by atoms with van der Waals surface area (Å²) in [4.78, 5) is 0. The van der Waals surface area contributed by atoms with E-state index in [2.05, 4.69) is 20.4 Å². The zero-order valence-corrected chi connectivity index (χ0v) is 11.8. The SMILES string of the molecule is COc1ccc(C)cc1-c1c(N)n[nH]c1-c1ccnnc1. The maximum Gasteiger partial charge on any atom is 0.153 e. The molecule has 6 heteroatoms. The van der Waals surface area contributed by atoms with Crippen LogP contribution in [0.25, 0.3) is 22.4 Å². The van der Waals surface area contributed by atoms with Gasteiger partial charge in [0.2, 0.25) is 0 Å². The van der Waals surface area contributed by atoms with Crippen molar-refractivity contribution in [3.8, 4) is 28.1 Å². The number of methoxy groups -OCH3 is 1. The first-order valence-corrected chi connectivity index (χ1v) is 6.46. The van der Waals surface area contributed by atoms with E-state index in [0.717, 1.165) is 33.7 Å². The standard InChI is InChI=1S/C15H15N5O/c1-9-3-4-12(21-2)11(7-9)13-14(19-20-15(13)16)10-5-6-17-18-8-10/h3-8H,1-2H3,(H3,16,19,20). The quantitative estimate of drug-likeness (QED) is 0.769. The summed E-state index contributed by atoms with van der Waals surface area (Å²) in [5, 5.41) is 14.8. The van der Waals surface area contributed by atoms with Crippen LogP contribution in [0.4, 0.5) is 5.82 Å². The third-order valence-electron chi connectivity index (χ3n) is 3.29. The summed E-state index contributed by atoms with van der Waals surface area (Å²) in [5.74, 6) is 1.17. The molecule has 0 unspecified atom stereocenters. The second kappa shape index (κ2) is 5.24. The molecule has 0 spiro atoms. The molecule has 3 N–H and O–H groups in total. The van der Waals surface area contributed by atoms with Crippen LogP contribution < -0.4 is 10.5 Å². The minimum absolute atomic E-state index is 0.422. The van der Waals surface area contributed by atoms with E-state index >= 15 is 0 Å². The Balaban J connectivity index is 2.24. The van der Waals surface area contributed by atoms with E-state index in [4.69, 9.17) is 10.5 Å². The maximum atomic E-state index is 6.05. The lowest BCUT2D eigenvalue weighted by molar-refractivity contribution is 0.416. The number of nitrogens with one attached hydrogen (secondary N) is 1. The Hall–Kier alpha value is -2.89. The third kappa shape index (κ3) is 2.31. The minimum atomic E-state index is 0.422. The lowest BCUT2D eigenvalue weighted by atomic mass is 9.99. The average Bonchev–Trinajstić information content (AvgIpc) is 2.89. The predicted molar refractivity (Wildman–Crippen MR) is 80.8 cm³/mol. The van der Waals surface area contributed by atoms with E-state index in [1.807, 2.05) is 31.2 Å². The molecule has 0 aliphatic carbocycles. The maximum absolute atomic E-state index is 6.05. The number of aromatic nitrogens is 4. The van der Waals surface area contributed by atoms with Crippen LogP contribution in [0.2, 0.25) is 0 Å². The van der Waals surface area contributed by atoms with Gasteiger partial charge in [-0.05, 0) is 25.1 Å². The monoisotopic (exact) mass is 281 g/mol. The van der Waals surface area contributed by atoms with Crippen LogP contribution in [0, 0.1) is 6.92 Å². The van der Waals surface area contributed by atoms with Crippen LogP contribution in [0.15, 0.2) is 36.7 Å². The van der Waals surface area contributed by atoms with E-state index < -0.39 is 0 Å². The number of ether oxygens (including phenoxy) is 1. The van der Waals surface area contributed by atoms with Gasteiger partial charge in [0.05, 0.1) is 30.8 Å². The summed E-state index contributed by atoms with van der Waals surface area (Å²) in [6.45, 7) is 2.02. The molecule has 0 saturated carbocycles. The van der Waals surface area contributed by atoms with Gasteiger partial charge in [-0.1, -0.05) is 11.6 Å². The first kappa shape index (κ1) is 13.1. The number of aromatic amines is 1. The molecule has 0 atom stereocenters. The van der Waals surface area contributed by atoms with E-state index in [9.17, 15) is 0 Å². The first-order chi connectivity index (χ1) is 10.2. The normalized spacial score (nSPS) is 10.6. The van der Waals surface area contributed by atoms with Crippen molar-refractivity contribution in [2.24, 2.45) is 0 Å². The largest absolute Gasteiger partial charge is 0.496 e. The van der Waals surface area contributed by atoms with Crippen molar-refractivity contribution in [2.75, 3.05) is 12.8 Å². The minimum Gasteiger partial charge on any atom is -0.496 e. The molecule has 106 valence electrons. The first-order valence-electron chi connectivity index (χ1n) is 6.46. The zero-order valence-electron chi connectivity index (χ0n) is 11.8. The van der Waals surface area contributed by atoms with E-state index in [1.165, 1.54) is 0 Å². The van der Waals surface area contributed by atoms with Crippen molar-refractivity contribution in [1.82, 2.24) is 20.4 Å². The van der Waals surface area contributed by atoms with Crippen molar-refractivity contribution >= 4 is 5.82 Å². The molecular formula is C15H15N5O. The van der Waals surface area contributed by atoms with Gasteiger partial charge >= 0.3 is 0 Å². The predicted octanol–water partition coefficient (Wildman–Crippen LogP) is 2.43. The molecule has 6 nitrogen and oxygen atoms in total. The van der Waals surface area contributed by atoms with E-state index in [-0.39, 0.29) is 0 Å². The highest BCUT2D eigenvalue weighted by molar-refractivity contribution is 5.90. The molecule has 0 amide bonds. The van der Waals surface area contributed by atoms with Gasteiger partial charge in [0.25, 0.3) is 0 Å². The lowest BCUT2D eigenvalue weighted by Gasteiger charge is -2.10. The number of hydrogen-bond donors (Lipinski definition) is 2. The zero-order chi connectivity index (χ0) is 14.8. The van der Waals surface area contributed by atoms with Gasteiger partial charge in [0, 0.05) is 11.1 Å². The van der Waals surface area contributed by atoms with E-state index in [1.54, 1.807) is 19.5 Å². The van der Waals surface area contributed by atoms with Gasteiger partial charge in [-0.2, -0.15) is 15.3 Å². The van der Waals surface area contributed by atoms with Crippen molar-refractivity contribution in [2.45, 2.75) is 6.92 Å². The summed E-state index contributed by atoms with van der Waals surface area (Å²) in [6, 6.07) is 7.79. The Bertz CT molecular complexity index is 767. The Kier molecular flexibility index (Phi) is 3.27. The Morgan fingerprint density at radius 2 is 2.05 bits per heavy atom. The lowest BCUT2D eigenvalue weighted by Crippen LogP contribution is -1.93. The smallest absolute Gasteiger partial charge is 0.153 e. The van der Waals surface area contributed by atoms with Gasteiger partial charge in [-0.3, -0.25) is 5.10 Å². The number of aryl methyl sites for hydroxylation is 1. The summed E-state index contributed by atoms with van der Waals surface area (Å²) >= 11 is 0. The second-order valence-corrected chi connectivity index (χ2v) is 4.69. The highest BCUT2D eigenvalue weighted by atomic mass is 16.5. The summed E-state index contributed by atoms with van der Waals surface area (Å²) in [6.07, 6.45) is 3.29. The number of nitrogen functional groups attached to an aromatic ring is 1. The van der Waals surface area contributed by atoms with Gasteiger partial charge in [-0.15, -0.1) is 0 Å². The van der Waals surface area contributed by atoms with Crippen LogP contribution in [-0.2, 0) is 0 Å². The van der Waals surface area contributed by atoms with Crippen LogP contribution in [0.3, 0.4) is 0 Å². The molecule has 1 aromatic carbocycles. The Labute approximate surface area is 122 Å². The molecule has 0 aliphatic heterocycles. The van der Waals surface area contributed by atoms with Crippen molar-refractivity contribution in [3.05, 3.63) is 42.2 Å². The fourth-order valence-corrected chi connectivity index (χ4v) is 2.29. The van der Waals surface area contributed by atoms with Crippen molar-refractivity contribution < 1.29 is 4.74 Å². The van der Waals surface area contributed by atoms with Crippen LogP contribution in [-0.4, -0.2) is 27.5 Å². The fraction of sp³-hybridized carbons (Fsp3) is 0.133. The molecule has 2 aromatic heterocycles. The molecule has 3 rings (SSSR count). The molecule has 0 aliphatic rings.